The van der Waals surface area contributed by atoms with Gasteiger partial charge in [0.05, 0.1) is 12.6 Å². The van der Waals surface area contributed by atoms with Gasteiger partial charge in [0.2, 0.25) is 5.91 Å². The molecule has 0 bridgehead atoms. The number of carbonyl (C=O) groups is 2. The lowest BCUT2D eigenvalue weighted by molar-refractivity contribution is -0.146. The summed E-state index contributed by atoms with van der Waals surface area (Å²) in [7, 11) is 0. The maximum atomic E-state index is 11.3. The molecule has 0 aliphatic carbocycles. The predicted molar refractivity (Wildman–Crippen MR) is 58.5 cm³/mol. The van der Waals surface area contributed by atoms with Crippen molar-refractivity contribution in [3.63, 3.8) is 0 Å². The topological polar surface area (TPSA) is 108 Å². The Kier molecular flexibility index (Phi) is 5.88. The highest BCUT2D eigenvalue weighted by Gasteiger charge is 2.16. The van der Waals surface area contributed by atoms with Crippen LogP contribution < -0.4 is 10.6 Å². The fourth-order valence-corrected chi connectivity index (χ4v) is 1.50. The standard InChI is InChI=1S/C10H18N2O5/c13-8(10(15)16)5-12-9(14)6-17-7-1-3-11-4-2-7/h7-8,11,13H,1-6H2,(H,12,14)(H,15,16)/t8-/m0/s1. The zero-order valence-electron chi connectivity index (χ0n) is 9.52. The maximum absolute atomic E-state index is 11.3. The lowest BCUT2D eigenvalue weighted by Crippen LogP contribution is -2.40. The fraction of sp³-hybridized carbons (Fsp3) is 0.800. The Bertz CT molecular complexity index is 265. The molecule has 1 fully saturated rings. The zero-order valence-corrected chi connectivity index (χ0v) is 9.52. The van der Waals surface area contributed by atoms with E-state index in [0.29, 0.717) is 0 Å². The van der Waals surface area contributed by atoms with E-state index in [-0.39, 0.29) is 19.3 Å². The summed E-state index contributed by atoms with van der Waals surface area (Å²) >= 11 is 0. The van der Waals surface area contributed by atoms with Crippen molar-refractivity contribution in [1.29, 1.82) is 0 Å². The molecular weight excluding hydrogens is 228 g/mol. The number of carboxylic acids is 1. The number of piperidine rings is 1. The molecule has 1 amide bonds. The molecule has 1 atom stereocenters. The molecule has 17 heavy (non-hydrogen) atoms. The van der Waals surface area contributed by atoms with Gasteiger partial charge in [0.25, 0.3) is 0 Å². The van der Waals surface area contributed by atoms with Gasteiger partial charge in [-0.1, -0.05) is 0 Å². The number of carbonyl (C=O) groups excluding carboxylic acids is 1. The van der Waals surface area contributed by atoms with Crippen LogP contribution in [0.15, 0.2) is 0 Å². The van der Waals surface area contributed by atoms with Crippen LogP contribution in [0.3, 0.4) is 0 Å². The maximum Gasteiger partial charge on any atom is 0.334 e. The third-order valence-corrected chi connectivity index (χ3v) is 2.51. The first-order valence-electron chi connectivity index (χ1n) is 5.59. The molecule has 0 aromatic rings. The van der Waals surface area contributed by atoms with Crippen LogP contribution in [0.25, 0.3) is 0 Å². The number of amides is 1. The summed E-state index contributed by atoms with van der Waals surface area (Å²) in [6, 6.07) is 0. The van der Waals surface area contributed by atoms with Gasteiger partial charge in [-0.3, -0.25) is 4.79 Å². The second-order valence-corrected chi connectivity index (χ2v) is 3.92. The molecule has 98 valence electrons. The minimum Gasteiger partial charge on any atom is -0.479 e. The lowest BCUT2D eigenvalue weighted by atomic mass is 10.1. The fourth-order valence-electron chi connectivity index (χ4n) is 1.50. The summed E-state index contributed by atoms with van der Waals surface area (Å²) in [5, 5.41) is 22.8. The van der Waals surface area contributed by atoms with Gasteiger partial charge in [-0.2, -0.15) is 0 Å². The van der Waals surface area contributed by atoms with Gasteiger partial charge < -0.3 is 25.6 Å². The van der Waals surface area contributed by atoms with Crippen molar-refractivity contribution in [3.8, 4) is 0 Å². The first kappa shape index (κ1) is 13.9. The van der Waals surface area contributed by atoms with Crippen molar-refractivity contribution in [2.75, 3.05) is 26.2 Å². The van der Waals surface area contributed by atoms with Crippen LogP contribution in [0.4, 0.5) is 0 Å². The van der Waals surface area contributed by atoms with Crippen LogP contribution >= 0.6 is 0 Å². The minimum absolute atomic E-state index is 0.0754. The van der Waals surface area contributed by atoms with Crippen molar-refractivity contribution < 1.29 is 24.5 Å². The van der Waals surface area contributed by atoms with E-state index in [0.717, 1.165) is 25.9 Å². The van der Waals surface area contributed by atoms with Crippen molar-refractivity contribution >= 4 is 11.9 Å². The Balaban J connectivity index is 2.10. The molecule has 0 saturated carbocycles. The average molecular weight is 246 g/mol. The van der Waals surface area contributed by atoms with E-state index in [1.165, 1.54) is 0 Å². The van der Waals surface area contributed by atoms with E-state index in [9.17, 15) is 9.59 Å². The summed E-state index contributed by atoms with van der Waals surface area (Å²) in [5.74, 6) is -1.77. The van der Waals surface area contributed by atoms with Gasteiger partial charge in [0, 0.05) is 0 Å². The largest absolute Gasteiger partial charge is 0.479 e. The van der Waals surface area contributed by atoms with E-state index >= 15 is 0 Å². The van der Waals surface area contributed by atoms with Crippen molar-refractivity contribution in [2.24, 2.45) is 0 Å². The molecule has 1 heterocycles. The molecule has 1 rings (SSSR count). The number of hydrogen-bond donors (Lipinski definition) is 4. The molecule has 1 aliphatic rings. The van der Waals surface area contributed by atoms with E-state index < -0.39 is 18.0 Å². The highest BCUT2D eigenvalue weighted by molar-refractivity contribution is 5.78. The summed E-state index contributed by atoms with van der Waals surface area (Å²) < 4.78 is 5.36. The van der Waals surface area contributed by atoms with Crippen LogP contribution in [-0.4, -0.2) is 60.5 Å². The second-order valence-electron chi connectivity index (χ2n) is 3.92. The number of carboxylic acid groups (broad SMARTS) is 1. The molecule has 1 aliphatic heterocycles. The van der Waals surface area contributed by atoms with Crippen LogP contribution in [-0.2, 0) is 14.3 Å². The molecule has 0 radical (unpaired) electrons. The summed E-state index contributed by atoms with van der Waals surface area (Å²) in [6.45, 7) is 1.36. The number of nitrogens with one attached hydrogen (secondary N) is 2. The first-order chi connectivity index (χ1) is 8.09. The average Bonchev–Trinajstić information content (AvgIpc) is 2.34. The highest BCUT2D eigenvalue weighted by Crippen LogP contribution is 2.06. The zero-order chi connectivity index (χ0) is 12.7. The quantitative estimate of drug-likeness (QED) is 0.446. The smallest absolute Gasteiger partial charge is 0.334 e. The summed E-state index contributed by atoms with van der Waals surface area (Å²) in [4.78, 5) is 21.5. The molecular formula is C10H18N2O5. The van der Waals surface area contributed by atoms with Gasteiger partial charge in [-0.25, -0.2) is 4.79 Å². The normalized spacial score (nSPS) is 18.6. The molecule has 0 spiro atoms. The first-order valence-corrected chi connectivity index (χ1v) is 5.59. The van der Waals surface area contributed by atoms with E-state index in [1.54, 1.807) is 0 Å². The van der Waals surface area contributed by atoms with Gasteiger partial charge in [0.1, 0.15) is 6.61 Å². The summed E-state index contributed by atoms with van der Waals surface area (Å²) in [5.41, 5.74) is 0. The van der Waals surface area contributed by atoms with Crippen molar-refractivity contribution in [3.05, 3.63) is 0 Å². The molecule has 7 nitrogen and oxygen atoms in total. The number of hydrogen-bond acceptors (Lipinski definition) is 5. The molecule has 0 unspecified atom stereocenters. The van der Waals surface area contributed by atoms with E-state index in [1.807, 2.05) is 0 Å². The van der Waals surface area contributed by atoms with Crippen LogP contribution in [0.5, 0.6) is 0 Å². The van der Waals surface area contributed by atoms with Crippen LogP contribution in [0.2, 0.25) is 0 Å². The second kappa shape index (κ2) is 7.21. The number of aliphatic hydroxyl groups is 1. The molecule has 1 saturated heterocycles. The Morgan fingerprint density at radius 3 is 2.65 bits per heavy atom. The predicted octanol–water partition coefficient (Wildman–Crippen LogP) is -1.68. The van der Waals surface area contributed by atoms with E-state index in [4.69, 9.17) is 14.9 Å². The Hall–Kier alpha value is -1.18. The third-order valence-electron chi connectivity index (χ3n) is 2.51. The van der Waals surface area contributed by atoms with Gasteiger partial charge in [-0.05, 0) is 25.9 Å². The van der Waals surface area contributed by atoms with Gasteiger partial charge >= 0.3 is 5.97 Å². The van der Waals surface area contributed by atoms with Crippen molar-refractivity contribution in [1.82, 2.24) is 10.6 Å². The number of aliphatic carboxylic acids is 1. The van der Waals surface area contributed by atoms with Crippen LogP contribution in [0.1, 0.15) is 12.8 Å². The summed E-state index contributed by atoms with van der Waals surface area (Å²) in [6.07, 6.45) is 0.236. The monoisotopic (exact) mass is 246 g/mol. The molecule has 4 N–H and O–H groups in total. The molecule has 0 aromatic heterocycles. The Morgan fingerprint density at radius 1 is 1.41 bits per heavy atom. The third kappa shape index (κ3) is 5.62. The molecule has 0 aromatic carbocycles. The van der Waals surface area contributed by atoms with Gasteiger partial charge in [-0.15, -0.1) is 0 Å². The Morgan fingerprint density at radius 2 is 2.06 bits per heavy atom. The number of rotatable bonds is 6. The SMILES string of the molecule is O=C(COC1CCNCC1)NC[C@H](O)C(=O)O. The van der Waals surface area contributed by atoms with Crippen molar-refractivity contribution in [2.45, 2.75) is 25.0 Å². The van der Waals surface area contributed by atoms with Crippen LogP contribution in [0, 0.1) is 0 Å². The Labute approximate surface area is 99.1 Å². The minimum atomic E-state index is -1.57. The molecule has 7 heteroatoms. The highest BCUT2D eigenvalue weighted by atomic mass is 16.5. The lowest BCUT2D eigenvalue weighted by Gasteiger charge is -2.22. The van der Waals surface area contributed by atoms with Gasteiger partial charge in [0.15, 0.2) is 6.10 Å². The number of aliphatic hydroxyl groups excluding tert-OH is 1. The number of ether oxygens (including phenoxy) is 1. The van der Waals surface area contributed by atoms with E-state index in [2.05, 4.69) is 10.6 Å².